The number of nitrogens with zero attached hydrogens (tertiary/aromatic N) is 6. The van der Waals surface area contributed by atoms with Gasteiger partial charge in [0.15, 0.2) is 17.3 Å². The molecule has 2 aromatic carbocycles. The molecule has 3 aromatic heterocycles. The van der Waals surface area contributed by atoms with Crippen molar-refractivity contribution in [3.8, 4) is 34.2 Å². The van der Waals surface area contributed by atoms with Crippen molar-refractivity contribution < 1.29 is 9.13 Å². The molecule has 0 unspecified atom stereocenters. The zero-order valence-electron chi connectivity index (χ0n) is 17.3. The van der Waals surface area contributed by atoms with E-state index in [0.29, 0.717) is 30.1 Å². The van der Waals surface area contributed by atoms with Gasteiger partial charge in [-0.1, -0.05) is 18.2 Å². The van der Waals surface area contributed by atoms with Gasteiger partial charge in [-0.05, 0) is 36.4 Å². The second-order valence-electron chi connectivity index (χ2n) is 7.51. The first-order valence-corrected chi connectivity index (χ1v) is 10.4. The van der Waals surface area contributed by atoms with Gasteiger partial charge in [-0.25, -0.2) is 18.4 Å². The van der Waals surface area contributed by atoms with Crippen LogP contribution in [0.25, 0.3) is 28.5 Å². The summed E-state index contributed by atoms with van der Waals surface area (Å²) in [7, 11) is 0. The summed E-state index contributed by atoms with van der Waals surface area (Å²) in [5, 5.41) is 13.1. The maximum atomic E-state index is 15.3. The smallest absolute Gasteiger partial charge is 0.251 e. The van der Waals surface area contributed by atoms with E-state index >= 15 is 4.39 Å². The van der Waals surface area contributed by atoms with Gasteiger partial charge in [0.05, 0.1) is 35.6 Å². The quantitative estimate of drug-likeness (QED) is 0.428. The molecule has 5 aromatic rings. The van der Waals surface area contributed by atoms with Crippen LogP contribution in [0.15, 0.2) is 84.0 Å². The zero-order valence-corrected chi connectivity index (χ0v) is 17.3. The lowest BCUT2D eigenvalue weighted by atomic mass is 10.2. The monoisotopic (exact) mass is 440 g/mol. The first-order valence-electron chi connectivity index (χ1n) is 10.4. The van der Waals surface area contributed by atoms with Crippen LogP contribution in [0, 0.1) is 5.82 Å². The number of fused-ring (bicyclic) bond motifs is 1. The van der Waals surface area contributed by atoms with Gasteiger partial charge >= 0.3 is 0 Å². The molecule has 9 heteroatoms. The predicted octanol–water partition coefficient (Wildman–Crippen LogP) is 3.34. The average molecular weight is 440 g/mol. The Bertz CT molecular complexity index is 1520. The fourth-order valence-electron chi connectivity index (χ4n) is 4.01. The summed E-state index contributed by atoms with van der Waals surface area (Å²) in [6.07, 6.45) is 5.42. The molecule has 4 heterocycles. The lowest BCUT2D eigenvalue weighted by Gasteiger charge is -2.15. The Kier molecular flexibility index (Phi) is 4.39. The Hall–Kier alpha value is -4.53. The Morgan fingerprint density at radius 1 is 0.909 bits per heavy atom. The summed E-state index contributed by atoms with van der Waals surface area (Å²) >= 11 is 0. The van der Waals surface area contributed by atoms with Gasteiger partial charge in [-0.3, -0.25) is 4.79 Å². The predicted molar refractivity (Wildman–Crippen MR) is 119 cm³/mol. The van der Waals surface area contributed by atoms with Crippen molar-refractivity contribution in [3.05, 3.63) is 101 Å². The summed E-state index contributed by atoms with van der Waals surface area (Å²) in [4.78, 5) is 13.3. The first kappa shape index (κ1) is 19.2. The van der Waals surface area contributed by atoms with Crippen molar-refractivity contribution in [1.82, 2.24) is 29.3 Å². The second-order valence-corrected chi connectivity index (χ2v) is 7.51. The van der Waals surface area contributed by atoms with Crippen molar-refractivity contribution in [1.29, 1.82) is 0 Å². The van der Waals surface area contributed by atoms with Gasteiger partial charge in [0.2, 0.25) is 0 Å². The fraction of sp³-hybridized carbons (Fsp3) is 0.0833. The number of para-hydroxylation sites is 1. The van der Waals surface area contributed by atoms with Crippen LogP contribution in [-0.4, -0.2) is 35.9 Å². The summed E-state index contributed by atoms with van der Waals surface area (Å²) in [6, 6.07) is 17.7. The number of rotatable bonds is 4. The lowest BCUT2D eigenvalue weighted by molar-refractivity contribution is 0.354. The van der Waals surface area contributed by atoms with Crippen LogP contribution in [-0.2, 0) is 6.42 Å². The van der Waals surface area contributed by atoms with E-state index in [1.807, 2.05) is 30.3 Å². The van der Waals surface area contributed by atoms with Gasteiger partial charge in [0, 0.05) is 24.9 Å². The standard InChI is InChI=1S/C24H17FN6O2/c25-18-15-17(29-13-4-11-26-29)7-8-19(18)31-21-10-14-33-24(21)23(32)22(28-31)20-9-12-27-30(20)16-5-2-1-3-6-16/h1-9,11-13,15H,10,14H2. The van der Waals surface area contributed by atoms with Gasteiger partial charge in [0.1, 0.15) is 5.69 Å². The Morgan fingerprint density at radius 2 is 1.79 bits per heavy atom. The van der Waals surface area contributed by atoms with E-state index in [-0.39, 0.29) is 22.6 Å². The zero-order chi connectivity index (χ0) is 22.4. The number of benzene rings is 2. The highest BCUT2D eigenvalue weighted by atomic mass is 19.1. The van der Waals surface area contributed by atoms with Gasteiger partial charge < -0.3 is 4.74 Å². The third kappa shape index (κ3) is 3.13. The Labute approximate surface area is 187 Å². The molecule has 0 fully saturated rings. The molecule has 0 amide bonds. The van der Waals surface area contributed by atoms with E-state index in [1.165, 1.54) is 10.7 Å². The molecule has 1 aliphatic heterocycles. The van der Waals surface area contributed by atoms with Crippen molar-refractivity contribution in [3.63, 3.8) is 0 Å². The molecule has 0 aliphatic carbocycles. The maximum Gasteiger partial charge on any atom is 0.251 e. The third-order valence-electron chi connectivity index (χ3n) is 5.54. The van der Waals surface area contributed by atoms with Crippen molar-refractivity contribution in [2.75, 3.05) is 6.61 Å². The number of hydrogen-bond acceptors (Lipinski definition) is 5. The number of hydrogen-bond donors (Lipinski definition) is 0. The fourth-order valence-corrected chi connectivity index (χ4v) is 4.01. The summed E-state index contributed by atoms with van der Waals surface area (Å²) in [5.41, 5.74) is 2.41. The SMILES string of the molecule is O=c1c(-c2ccnn2-c2ccccc2)nn(-c2ccc(-n3cccn3)cc2F)c2c1OCC2. The Morgan fingerprint density at radius 3 is 2.58 bits per heavy atom. The molecule has 162 valence electrons. The molecule has 0 radical (unpaired) electrons. The molecule has 0 bridgehead atoms. The van der Waals surface area contributed by atoms with Crippen molar-refractivity contribution in [2.24, 2.45) is 0 Å². The van der Waals surface area contributed by atoms with Crippen LogP contribution >= 0.6 is 0 Å². The van der Waals surface area contributed by atoms with E-state index in [4.69, 9.17) is 4.74 Å². The van der Waals surface area contributed by atoms with Gasteiger partial charge in [-0.2, -0.15) is 15.3 Å². The lowest BCUT2D eigenvalue weighted by Crippen LogP contribution is -2.19. The molecule has 8 nitrogen and oxygen atoms in total. The molecule has 1 aliphatic rings. The molecular formula is C24H17FN6O2. The average Bonchev–Trinajstić information content (AvgIpc) is 3.62. The van der Waals surface area contributed by atoms with E-state index < -0.39 is 5.82 Å². The topological polar surface area (TPSA) is 79.8 Å². The van der Waals surface area contributed by atoms with E-state index in [2.05, 4.69) is 15.3 Å². The number of halogens is 1. The summed E-state index contributed by atoms with van der Waals surface area (Å²) in [6.45, 7) is 0.334. The highest BCUT2D eigenvalue weighted by Crippen LogP contribution is 2.29. The van der Waals surface area contributed by atoms with Crippen LogP contribution in [0.4, 0.5) is 4.39 Å². The molecule has 0 saturated heterocycles. The molecule has 0 N–H and O–H groups in total. The van der Waals surface area contributed by atoms with Crippen LogP contribution < -0.4 is 10.2 Å². The van der Waals surface area contributed by atoms with E-state index in [9.17, 15) is 4.79 Å². The van der Waals surface area contributed by atoms with E-state index in [1.54, 1.807) is 52.2 Å². The largest absolute Gasteiger partial charge is 0.487 e. The molecular weight excluding hydrogens is 423 g/mol. The Balaban J connectivity index is 1.54. The van der Waals surface area contributed by atoms with Crippen molar-refractivity contribution >= 4 is 0 Å². The van der Waals surface area contributed by atoms with Gasteiger partial charge in [0.25, 0.3) is 5.43 Å². The summed E-state index contributed by atoms with van der Waals surface area (Å²) < 4.78 is 25.6. The third-order valence-corrected chi connectivity index (χ3v) is 5.54. The highest BCUT2D eigenvalue weighted by molar-refractivity contribution is 5.61. The molecule has 0 atom stereocenters. The van der Waals surface area contributed by atoms with E-state index in [0.717, 1.165) is 5.69 Å². The summed E-state index contributed by atoms with van der Waals surface area (Å²) in [5.74, 6) is -0.299. The molecule has 0 saturated carbocycles. The minimum atomic E-state index is -0.490. The number of aromatic nitrogens is 6. The van der Waals surface area contributed by atoms with Gasteiger partial charge in [-0.15, -0.1) is 0 Å². The van der Waals surface area contributed by atoms with Crippen LogP contribution in [0.1, 0.15) is 5.69 Å². The molecule has 0 spiro atoms. The minimum absolute atomic E-state index is 0.132. The highest BCUT2D eigenvalue weighted by Gasteiger charge is 2.27. The van der Waals surface area contributed by atoms with Crippen molar-refractivity contribution in [2.45, 2.75) is 6.42 Å². The van der Waals surface area contributed by atoms with Crippen LogP contribution in [0.5, 0.6) is 5.75 Å². The molecule has 33 heavy (non-hydrogen) atoms. The maximum absolute atomic E-state index is 15.3. The normalized spacial score (nSPS) is 12.5. The van der Waals surface area contributed by atoms with Crippen LogP contribution in [0.2, 0.25) is 0 Å². The van der Waals surface area contributed by atoms with Crippen LogP contribution in [0.3, 0.4) is 0 Å². The molecule has 6 rings (SSSR count). The number of ether oxygens (including phenoxy) is 1. The second kappa shape index (κ2) is 7.56. The first-order chi connectivity index (χ1) is 16.2. The minimum Gasteiger partial charge on any atom is -0.487 e.